The summed E-state index contributed by atoms with van der Waals surface area (Å²) in [4.78, 5) is 16.2. The van der Waals surface area contributed by atoms with Crippen LogP contribution in [0, 0.1) is 19.8 Å². The number of benzene rings is 1. The third kappa shape index (κ3) is 3.67. The number of amides is 1. The van der Waals surface area contributed by atoms with E-state index >= 15 is 0 Å². The summed E-state index contributed by atoms with van der Waals surface area (Å²) in [5.74, 6) is 0.385. The Hall–Kier alpha value is -1.68. The molecule has 1 aromatic heterocycles. The zero-order valence-electron chi connectivity index (χ0n) is 12.4. The molecule has 0 spiro atoms. The molecule has 0 unspecified atom stereocenters. The van der Waals surface area contributed by atoms with Gasteiger partial charge in [-0.05, 0) is 25.3 Å². The van der Waals surface area contributed by atoms with E-state index in [-0.39, 0.29) is 5.91 Å². The highest BCUT2D eigenvalue weighted by molar-refractivity contribution is 7.14. The highest BCUT2D eigenvalue weighted by atomic mass is 32.1. The molecule has 2 rings (SSSR count). The van der Waals surface area contributed by atoms with Crippen LogP contribution in [0.5, 0.6) is 0 Å². The number of aryl methyl sites for hydroxylation is 2. The summed E-state index contributed by atoms with van der Waals surface area (Å²) < 4.78 is 0. The first-order chi connectivity index (χ1) is 9.45. The molecule has 0 aliphatic rings. The molecule has 0 fully saturated rings. The van der Waals surface area contributed by atoms with E-state index in [2.05, 4.69) is 42.3 Å². The number of thiazole rings is 1. The summed E-state index contributed by atoms with van der Waals surface area (Å²) in [6.45, 7) is 8.22. The summed E-state index contributed by atoms with van der Waals surface area (Å²) in [6.07, 6.45) is 0.526. The van der Waals surface area contributed by atoms with Crippen LogP contribution in [-0.2, 0) is 4.79 Å². The quantitative estimate of drug-likeness (QED) is 0.905. The Labute approximate surface area is 124 Å². The van der Waals surface area contributed by atoms with Crippen molar-refractivity contribution in [1.29, 1.82) is 0 Å². The third-order valence-corrected chi connectivity index (χ3v) is 3.76. The van der Waals surface area contributed by atoms with E-state index in [0.717, 1.165) is 11.3 Å². The Kier molecular flexibility index (Phi) is 4.55. The minimum Gasteiger partial charge on any atom is -0.302 e. The fourth-order valence-corrected chi connectivity index (χ4v) is 2.82. The molecule has 3 nitrogen and oxygen atoms in total. The van der Waals surface area contributed by atoms with Crippen LogP contribution >= 0.6 is 11.3 Å². The molecule has 2 aromatic rings. The molecule has 1 N–H and O–H groups in total. The number of aromatic nitrogens is 1. The lowest BCUT2D eigenvalue weighted by Gasteiger charge is -2.05. The fourth-order valence-electron chi connectivity index (χ4n) is 2.10. The maximum Gasteiger partial charge on any atom is 0.226 e. The SMILES string of the molecule is Cc1ccc(-c2csc(NC(=O)CC(C)C)n2)c(C)c1. The largest absolute Gasteiger partial charge is 0.302 e. The Morgan fingerprint density at radius 1 is 1.35 bits per heavy atom. The normalized spacial score (nSPS) is 10.8. The lowest BCUT2D eigenvalue weighted by Crippen LogP contribution is -2.13. The van der Waals surface area contributed by atoms with Crippen molar-refractivity contribution in [3.05, 3.63) is 34.7 Å². The minimum atomic E-state index is 0.0292. The summed E-state index contributed by atoms with van der Waals surface area (Å²) in [7, 11) is 0. The summed E-state index contributed by atoms with van der Waals surface area (Å²) in [6, 6.07) is 6.31. The van der Waals surface area contributed by atoms with Crippen LogP contribution in [-0.4, -0.2) is 10.9 Å². The highest BCUT2D eigenvalue weighted by Crippen LogP contribution is 2.28. The topological polar surface area (TPSA) is 42.0 Å². The standard InChI is InChI=1S/C16H20N2OS/c1-10(2)7-15(19)18-16-17-14(9-20-16)13-6-5-11(3)8-12(13)4/h5-6,8-10H,7H2,1-4H3,(H,17,18,19). The predicted octanol–water partition coefficient (Wildman–Crippen LogP) is 4.41. The number of nitrogens with zero attached hydrogens (tertiary/aromatic N) is 1. The first kappa shape index (κ1) is 14.7. The van der Waals surface area contributed by atoms with Gasteiger partial charge in [0, 0.05) is 17.4 Å². The number of anilines is 1. The van der Waals surface area contributed by atoms with Gasteiger partial charge < -0.3 is 5.32 Å². The van der Waals surface area contributed by atoms with Gasteiger partial charge in [-0.15, -0.1) is 11.3 Å². The Morgan fingerprint density at radius 2 is 2.10 bits per heavy atom. The van der Waals surface area contributed by atoms with E-state index in [1.165, 1.54) is 22.5 Å². The van der Waals surface area contributed by atoms with Gasteiger partial charge in [0.25, 0.3) is 0 Å². The Balaban J connectivity index is 2.14. The Bertz CT molecular complexity index is 617. The molecule has 1 aromatic carbocycles. The van der Waals surface area contributed by atoms with E-state index in [9.17, 15) is 4.79 Å². The van der Waals surface area contributed by atoms with Gasteiger partial charge in [0.05, 0.1) is 5.69 Å². The lowest BCUT2D eigenvalue weighted by atomic mass is 10.0. The van der Waals surface area contributed by atoms with Crippen LogP contribution in [0.1, 0.15) is 31.4 Å². The number of carbonyl (C=O) groups is 1. The second-order valence-corrected chi connectivity index (χ2v) is 6.36. The van der Waals surface area contributed by atoms with Crippen LogP contribution in [0.2, 0.25) is 0 Å². The fraction of sp³-hybridized carbons (Fsp3) is 0.375. The second-order valence-electron chi connectivity index (χ2n) is 5.50. The van der Waals surface area contributed by atoms with E-state index in [1.807, 2.05) is 19.2 Å². The molecule has 1 heterocycles. The molecule has 0 saturated heterocycles. The van der Waals surface area contributed by atoms with Crippen LogP contribution in [0.15, 0.2) is 23.6 Å². The molecule has 20 heavy (non-hydrogen) atoms. The first-order valence-electron chi connectivity index (χ1n) is 6.78. The highest BCUT2D eigenvalue weighted by Gasteiger charge is 2.10. The van der Waals surface area contributed by atoms with E-state index in [1.54, 1.807) is 0 Å². The van der Waals surface area contributed by atoms with E-state index in [0.29, 0.717) is 17.5 Å². The summed E-state index contributed by atoms with van der Waals surface area (Å²) in [5, 5.41) is 5.52. The van der Waals surface area contributed by atoms with Gasteiger partial charge in [0.15, 0.2) is 5.13 Å². The number of rotatable bonds is 4. The minimum absolute atomic E-state index is 0.0292. The van der Waals surface area contributed by atoms with Gasteiger partial charge in [-0.2, -0.15) is 0 Å². The molecular weight excluding hydrogens is 268 g/mol. The van der Waals surface area contributed by atoms with Crippen molar-refractivity contribution in [2.75, 3.05) is 5.32 Å². The van der Waals surface area contributed by atoms with Crippen molar-refractivity contribution in [2.45, 2.75) is 34.1 Å². The molecule has 106 valence electrons. The van der Waals surface area contributed by atoms with Crippen LogP contribution in [0.3, 0.4) is 0 Å². The molecule has 0 bridgehead atoms. The van der Waals surface area contributed by atoms with Gasteiger partial charge in [0.2, 0.25) is 5.91 Å². The molecular formula is C16H20N2OS. The second kappa shape index (κ2) is 6.18. The monoisotopic (exact) mass is 288 g/mol. The van der Waals surface area contributed by atoms with Crippen molar-refractivity contribution in [1.82, 2.24) is 4.98 Å². The molecule has 0 radical (unpaired) electrons. The molecule has 4 heteroatoms. The third-order valence-electron chi connectivity index (χ3n) is 3.00. The van der Waals surface area contributed by atoms with E-state index in [4.69, 9.17) is 0 Å². The Morgan fingerprint density at radius 3 is 2.75 bits per heavy atom. The summed E-state index contributed by atoms with van der Waals surface area (Å²) >= 11 is 1.47. The maximum atomic E-state index is 11.7. The predicted molar refractivity (Wildman–Crippen MR) is 85.1 cm³/mol. The first-order valence-corrected chi connectivity index (χ1v) is 7.66. The zero-order valence-corrected chi connectivity index (χ0v) is 13.2. The van der Waals surface area contributed by atoms with Gasteiger partial charge in [0.1, 0.15) is 0 Å². The molecule has 0 saturated carbocycles. The average molecular weight is 288 g/mol. The molecule has 0 aliphatic heterocycles. The van der Waals surface area contributed by atoms with Crippen LogP contribution < -0.4 is 5.32 Å². The van der Waals surface area contributed by atoms with Crippen molar-refractivity contribution in [2.24, 2.45) is 5.92 Å². The molecule has 1 amide bonds. The van der Waals surface area contributed by atoms with Crippen molar-refractivity contribution in [3.8, 4) is 11.3 Å². The lowest BCUT2D eigenvalue weighted by molar-refractivity contribution is -0.116. The summed E-state index contributed by atoms with van der Waals surface area (Å²) in [5.41, 5.74) is 4.49. The van der Waals surface area contributed by atoms with Crippen molar-refractivity contribution >= 4 is 22.4 Å². The number of hydrogen-bond donors (Lipinski definition) is 1. The van der Waals surface area contributed by atoms with Gasteiger partial charge in [-0.25, -0.2) is 4.98 Å². The molecule has 0 aliphatic carbocycles. The number of carbonyl (C=O) groups excluding carboxylic acids is 1. The van der Waals surface area contributed by atoms with E-state index < -0.39 is 0 Å². The smallest absolute Gasteiger partial charge is 0.226 e. The van der Waals surface area contributed by atoms with Gasteiger partial charge >= 0.3 is 0 Å². The van der Waals surface area contributed by atoms with Crippen LogP contribution in [0.4, 0.5) is 5.13 Å². The number of hydrogen-bond acceptors (Lipinski definition) is 3. The molecule has 0 atom stereocenters. The van der Waals surface area contributed by atoms with Gasteiger partial charge in [-0.1, -0.05) is 37.6 Å². The maximum absolute atomic E-state index is 11.7. The van der Waals surface area contributed by atoms with Gasteiger partial charge in [-0.3, -0.25) is 4.79 Å². The van der Waals surface area contributed by atoms with Crippen LogP contribution in [0.25, 0.3) is 11.3 Å². The van der Waals surface area contributed by atoms with Crippen molar-refractivity contribution in [3.63, 3.8) is 0 Å². The average Bonchev–Trinajstić information content (AvgIpc) is 2.75. The van der Waals surface area contributed by atoms with Crippen molar-refractivity contribution < 1.29 is 4.79 Å². The zero-order chi connectivity index (χ0) is 14.7. The number of nitrogens with one attached hydrogen (secondary N) is 1.